The van der Waals surface area contributed by atoms with E-state index >= 15 is 0 Å². The van der Waals surface area contributed by atoms with Gasteiger partial charge in [0.05, 0.1) is 21.9 Å². The highest BCUT2D eigenvalue weighted by Gasteiger charge is 2.38. The molecular formula is C25H24ClN5O2S. The zero-order valence-corrected chi connectivity index (χ0v) is 20.2. The molecule has 1 amide bonds. The van der Waals surface area contributed by atoms with Gasteiger partial charge in [-0.2, -0.15) is 0 Å². The largest absolute Gasteiger partial charge is 0.383 e. The van der Waals surface area contributed by atoms with Crippen LogP contribution in [0.15, 0.2) is 48.8 Å². The number of benzene rings is 2. The van der Waals surface area contributed by atoms with E-state index in [0.717, 1.165) is 32.8 Å². The Labute approximate surface area is 206 Å². The van der Waals surface area contributed by atoms with Crippen molar-refractivity contribution in [1.29, 1.82) is 0 Å². The maximum Gasteiger partial charge on any atom is 0.254 e. The summed E-state index contributed by atoms with van der Waals surface area (Å²) < 4.78 is 1.68. The fourth-order valence-corrected chi connectivity index (χ4v) is 6.00. The van der Waals surface area contributed by atoms with Crippen LogP contribution in [0.3, 0.4) is 0 Å². The molecule has 1 aliphatic heterocycles. The van der Waals surface area contributed by atoms with Crippen LogP contribution in [-0.4, -0.2) is 57.1 Å². The summed E-state index contributed by atoms with van der Waals surface area (Å²) in [4.78, 5) is 38.0. The van der Waals surface area contributed by atoms with E-state index in [2.05, 4.69) is 14.9 Å². The molecule has 4 aromatic rings. The minimum absolute atomic E-state index is 0.0531. The Hall–Kier alpha value is -3.07. The van der Waals surface area contributed by atoms with Gasteiger partial charge in [0.1, 0.15) is 18.4 Å². The van der Waals surface area contributed by atoms with Crippen molar-refractivity contribution in [3.05, 3.63) is 64.3 Å². The predicted molar refractivity (Wildman–Crippen MR) is 136 cm³/mol. The van der Waals surface area contributed by atoms with Gasteiger partial charge in [0.2, 0.25) is 0 Å². The van der Waals surface area contributed by atoms with E-state index in [9.17, 15) is 9.59 Å². The molecule has 34 heavy (non-hydrogen) atoms. The molecule has 0 saturated carbocycles. The van der Waals surface area contributed by atoms with E-state index in [1.54, 1.807) is 0 Å². The summed E-state index contributed by atoms with van der Waals surface area (Å²) in [6.45, 7) is 3.75. The van der Waals surface area contributed by atoms with Crippen LogP contribution in [-0.2, 0) is 11.3 Å². The van der Waals surface area contributed by atoms with Crippen molar-refractivity contribution in [3.63, 3.8) is 0 Å². The van der Waals surface area contributed by atoms with Crippen molar-refractivity contribution >= 4 is 61.9 Å². The molecule has 5 rings (SSSR count). The van der Waals surface area contributed by atoms with Gasteiger partial charge < -0.3 is 15.4 Å². The minimum atomic E-state index is -0.395. The van der Waals surface area contributed by atoms with E-state index in [0.29, 0.717) is 41.8 Å². The van der Waals surface area contributed by atoms with Crippen LogP contribution in [0.25, 0.3) is 21.0 Å². The summed E-state index contributed by atoms with van der Waals surface area (Å²) in [5, 5.41) is 1.83. The monoisotopic (exact) mass is 493 g/mol. The zero-order valence-electron chi connectivity index (χ0n) is 18.6. The van der Waals surface area contributed by atoms with Crippen LogP contribution in [0.2, 0.25) is 4.34 Å². The van der Waals surface area contributed by atoms with E-state index < -0.39 is 6.04 Å². The van der Waals surface area contributed by atoms with Crippen LogP contribution in [0, 0.1) is 0 Å². The number of amides is 1. The highest BCUT2D eigenvalue weighted by Crippen LogP contribution is 2.31. The molecule has 2 aromatic carbocycles. The quantitative estimate of drug-likeness (QED) is 0.415. The van der Waals surface area contributed by atoms with Gasteiger partial charge in [0, 0.05) is 35.3 Å². The number of piperazine rings is 1. The van der Waals surface area contributed by atoms with Gasteiger partial charge in [-0.3, -0.25) is 9.69 Å². The van der Waals surface area contributed by atoms with Crippen LogP contribution in [0.4, 0.5) is 5.82 Å². The number of rotatable bonds is 5. The lowest BCUT2D eigenvalue weighted by Gasteiger charge is -2.45. The standard InChI is InChI=1S/C25H24ClN5O2S/c1-2-20-21(13-32)30(12-15-3-6-18-19(9-15)28-14-29-24(18)27)7-8-31(20)25(33)17-5-4-16-11-23(26)34-22(16)10-17/h3-6,9-11,13-14,20-21H,2,7-8,12H2,1H3,(H2,27,28,29). The normalized spacial score (nSPS) is 19.1. The third-order valence-electron chi connectivity index (χ3n) is 6.52. The Morgan fingerprint density at radius 3 is 2.85 bits per heavy atom. The van der Waals surface area contributed by atoms with Gasteiger partial charge in [-0.05, 0) is 47.7 Å². The molecule has 9 heteroatoms. The number of hydrogen-bond acceptors (Lipinski definition) is 7. The number of fused-ring (bicyclic) bond motifs is 2. The van der Waals surface area contributed by atoms with Gasteiger partial charge in [0.15, 0.2) is 0 Å². The Morgan fingerprint density at radius 2 is 2.06 bits per heavy atom. The molecule has 1 fully saturated rings. The van der Waals surface area contributed by atoms with E-state index in [1.165, 1.54) is 17.7 Å². The average Bonchev–Trinajstić information content (AvgIpc) is 3.22. The molecule has 2 atom stereocenters. The molecule has 0 spiro atoms. The Bertz CT molecular complexity index is 1390. The number of aromatic nitrogens is 2. The number of hydrogen-bond donors (Lipinski definition) is 1. The summed E-state index contributed by atoms with van der Waals surface area (Å²) in [5.74, 6) is 0.395. The summed E-state index contributed by atoms with van der Waals surface area (Å²) in [6.07, 6.45) is 3.10. The molecule has 2 aromatic heterocycles. The molecular weight excluding hydrogens is 470 g/mol. The first-order valence-corrected chi connectivity index (χ1v) is 12.4. The SMILES string of the molecule is CCC1C(C=O)N(Cc2ccc3c(N)ncnc3c2)CCN1C(=O)c1ccc2cc(Cl)sc2c1. The van der Waals surface area contributed by atoms with Crippen molar-refractivity contribution in [2.24, 2.45) is 0 Å². The van der Waals surface area contributed by atoms with E-state index in [4.69, 9.17) is 17.3 Å². The van der Waals surface area contributed by atoms with Crippen molar-refractivity contribution in [2.75, 3.05) is 18.8 Å². The maximum absolute atomic E-state index is 13.5. The zero-order chi connectivity index (χ0) is 23.8. The maximum atomic E-state index is 13.5. The minimum Gasteiger partial charge on any atom is -0.383 e. The molecule has 2 unspecified atom stereocenters. The number of aldehydes is 1. The topological polar surface area (TPSA) is 92.4 Å². The summed E-state index contributed by atoms with van der Waals surface area (Å²) >= 11 is 7.59. The number of nitrogens with zero attached hydrogens (tertiary/aromatic N) is 4. The molecule has 0 radical (unpaired) electrons. The lowest BCUT2D eigenvalue weighted by atomic mass is 9.97. The van der Waals surface area contributed by atoms with Crippen molar-refractivity contribution < 1.29 is 9.59 Å². The average molecular weight is 494 g/mol. The Balaban J connectivity index is 1.38. The lowest BCUT2D eigenvalue weighted by molar-refractivity contribution is -0.116. The molecule has 2 N–H and O–H groups in total. The van der Waals surface area contributed by atoms with Crippen LogP contribution in [0.5, 0.6) is 0 Å². The smallest absolute Gasteiger partial charge is 0.254 e. The van der Waals surface area contributed by atoms with Crippen molar-refractivity contribution in [1.82, 2.24) is 19.8 Å². The highest BCUT2D eigenvalue weighted by atomic mass is 35.5. The van der Waals surface area contributed by atoms with Crippen LogP contribution in [0.1, 0.15) is 29.3 Å². The molecule has 1 saturated heterocycles. The molecule has 0 bridgehead atoms. The van der Waals surface area contributed by atoms with Gasteiger partial charge in [-0.25, -0.2) is 9.97 Å². The molecule has 3 heterocycles. The number of halogens is 1. The summed E-state index contributed by atoms with van der Waals surface area (Å²) in [7, 11) is 0. The number of nitrogen functional groups attached to an aromatic ring is 1. The first-order valence-electron chi connectivity index (χ1n) is 11.2. The van der Waals surface area contributed by atoms with Gasteiger partial charge in [-0.1, -0.05) is 30.7 Å². The first kappa shape index (κ1) is 22.7. The fraction of sp³-hybridized carbons (Fsp3) is 0.280. The lowest BCUT2D eigenvalue weighted by Crippen LogP contribution is -2.61. The van der Waals surface area contributed by atoms with E-state index in [-0.39, 0.29) is 11.9 Å². The molecule has 0 aliphatic carbocycles. The Kier molecular flexibility index (Phi) is 6.20. The molecule has 174 valence electrons. The van der Waals surface area contributed by atoms with Gasteiger partial charge in [0.25, 0.3) is 5.91 Å². The second-order valence-electron chi connectivity index (χ2n) is 8.48. The number of carbonyl (C=O) groups is 2. The number of thiophene rings is 1. The third-order valence-corrected chi connectivity index (χ3v) is 7.74. The van der Waals surface area contributed by atoms with Crippen LogP contribution < -0.4 is 5.73 Å². The number of nitrogens with two attached hydrogens (primary N) is 1. The third kappa shape index (κ3) is 4.13. The second-order valence-corrected chi connectivity index (χ2v) is 10.2. The summed E-state index contributed by atoms with van der Waals surface area (Å²) in [5.41, 5.74) is 8.37. The molecule has 1 aliphatic rings. The van der Waals surface area contributed by atoms with Gasteiger partial charge >= 0.3 is 0 Å². The van der Waals surface area contributed by atoms with E-state index in [1.807, 2.05) is 54.3 Å². The molecule has 7 nitrogen and oxygen atoms in total. The Morgan fingerprint density at radius 1 is 1.21 bits per heavy atom. The fourth-order valence-electron chi connectivity index (χ4n) is 4.81. The highest BCUT2D eigenvalue weighted by molar-refractivity contribution is 7.22. The number of anilines is 1. The first-order chi connectivity index (χ1) is 16.5. The summed E-state index contributed by atoms with van der Waals surface area (Å²) in [6, 6.07) is 12.8. The van der Waals surface area contributed by atoms with Gasteiger partial charge in [-0.15, -0.1) is 11.3 Å². The van der Waals surface area contributed by atoms with Crippen LogP contribution >= 0.6 is 22.9 Å². The predicted octanol–water partition coefficient (Wildman–Crippen LogP) is 4.38. The van der Waals surface area contributed by atoms with Crippen molar-refractivity contribution in [2.45, 2.75) is 32.0 Å². The second kappa shape index (κ2) is 9.29. The number of carbonyl (C=O) groups excluding carboxylic acids is 2. The van der Waals surface area contributed by atoms with Crippen molar-refractivity contribution in [3.8, 4) is 0 Å².